The van der Waals surface area contributed by atoms with Gasteiger partial charge in [-0.1, -0.05) is 140 Å². The molecule has 9 aromatic rings. The van der Waals surface area contributed by atoms with E-state index < -0.39 is 0 Å². The van der Waals surface area contributed by atoms with Crippen molar-refractivity contribution < 1.29 is 0 Å². The molecule has 6 aromatic carbocycles. The van der Waals surface area contributed by atoms with Gasteiger partial charge in [0.15, 0.2) is 5.82 Å². The summed E-state index contributed by atoms with van der Waals surface area (Å²) in [5.41, 5.74) is 11.2. The molecule has 0 radical (unpaired) electrons. The molecule has 0 atom stereocenters. The average molecular weight is 601 g/mol. The summed E-state index contributed by atoms with van der Waals surface area (Å²) >= 11 is 0. The monoisotopic (exact) mass is 600 g/mol. The fraction of sp³-hybridized carbons (Fsp3) is 0. The average Bonchev–Trinajstić information content (AvgIpc) is 3.51. The maximum atomic E-state index is 5.31. The molecule has 4 heteroatoms. The fourth-order valence-electron chi connectivity index (χ4n) is 6.61. The largest absolute Gasteiger partial charge is 0.307 e. The highest BCUT2D eigenvalue weighted by molar-refractivity contribution is 6.23. The molecule has 0 aliphatic carbocycles. The molecule has 220 valence electrons. The van der Waals surface area contributed by atoms with E-state index in [9.17, 15) is 0 Å². The zero-order valence-corrected chi connectivity index (χ0v) is 25.5. The van der Waals surface area contributed by atoms with Crippen molar-refractivity contribution in [1.29, 1.82) is 0 Å². The SMILES string of the molecule is c1ccc(-c2cc(-c3ccccc3)nc(-c3ccc(-c4nc5ccccc5c5c6ccccc6n(-c6ccccc6)c45)cc3)n2)cc1. The van der Waals surface area contributed by atoms with Gasteiger partial charge in [0.2, 0.25) is 0 Å². The van der Waals surface area contributed by atoms with Crippen LogP contribution in [0.3, 0.4) is 0 Å². The number of benzene rings is 6. The van der Waals surface area contributed by atoms with Gasteiger partial charge >= 0.3 is 0 Å². The molecule has 3 heterocycles. The first-order valence-electron chi connectivity index (χ1n) is 15.8. The van der Waals surface area contributed by atoms with Crippen molar-refractivity contribution in [2.24, 2.45) is 0 Å². The molecule has 4 nitrogen and oxygen atoms in total. The van der Waals surface area contributed by atoms with E-state index in [2.05, 4.69) is 138 Å². The maximum Gasteiger partial charge on any atom is 0.160 e. The minimum atomic E-state index is 0.687. The van der Waals surface area contributed by atoms with Gasteiger partial charge in [0.25, 0.3) is 0 Å². The summed E-state index contributed by atoms with van der Waals surface area (Å²) in [7, 11) is 0. The normalized spacial score (nSPS) is 11.4. The first-order valence-corrected chi connectivity index (χ1v) is 15.8. The highest BCUT2D eigenvalue weighted by atomic mass is 15.0. The maximum absolute atomic E-state index is 5.31. The van der Waals surface area contributed by atoms with Crippen molar-refractivity contribution in [3.63, 3.8) is 0 Å². The fourth-order valence-corrected chi connectivity index (χ4v) is 6.61. The van der Waals surface area contributed by atoms with Gasteiger partial charge in [0.05, 0.1) is 33.6 Å². The van der Waals surface area contributed by atoms with Gasteiger partial charge in [-0.05, 0) is 30.3 Å². The van der Waals surface area contributed by atoms with E-state index in [0.29, 0.717) is 5.82 Å². The minimum absolute atomic E-state index is 0.687. The molecule has 0 fully saturated rings. The standard InChI is InChI=1S/C43H28N4/c1-4-14-29(15-5-1)37-28-38(30-16-6-2-7-17-30)46-43(45-37)32-26-24-31(25-27-32)41-42-40(34-20-10-12-22-36(34)44-41)35-21-11-13-23-39(35)47(42)33-18-8-3-9-19-33/h1-28H. The van der Waals surface area contributed by atoms with E-state index in [4.69, 9.17) is 15.0 Å². The number of para-hydroxylation sites is 3. The van der Waals surface area contributed by atoms with Crippen LogP contribution in [0.5, 0.6) is 0 Å². The summed E-state index contributed by atoms with van der Waals surface area (Å²) in [5, 5.41) is 3.57. The highest BCUT2D eigenvalue weighted by Crippen LogP contribution is 2.41. The third kappa shape index (κ3) is 4.66. The lowest BCUT2D eigenvalue weighted by Crippen LogP contribution is -1.98. The molecule has 0 saturated heterocycles. The lowest BCUT2D eigenvalue weighted by atomic mass is 10.0. The molecular weight excluding hydrogens is 573 g/mol. The second kappa shape index (κ2) is 11.2. The van der Waals surface area contributed by atoms with Crippen LogP contribution in [0.2, 0.25) is 0 Å². The van der Waals surface area contributed by atoms with E-state index in [1.807, 2.05) is 36.4 Å². The van der Waals surface area contributed by atoms with Crippen LogP contribution in [0.25, 0.3) is 83.6 Å². The van der Waals surface area contributed by atoms with Gasteiger partial charge < -0.3 is 4.57 Å². The van der Waals surface area contributed by atoms with E-state index >= 15 is 0 Å². The van der Waals surface area contributed by atoms with E-state index in [1.165, 1.54) is 10.8 Å². The molecule has 0 aliphatic rings. The zero-order chi connectivity index (χ0) is 31.2. The third-order valence-corrected chi connectivity index (χ3v) is 8.80. The van der Waals surface area contributed by atoms with Crippen LogP contribution in [0, 0.1) is 0 Å². The Hall–Kier alpha value is -6.39. The predicted molar refractivity (Wildman–Crippen MR) is 193 cm³/mol. The molecule has 9 rings (SSSR count). The molecule has 0 bridgehead atoms. The van der Waals surface area contributed by atoms with E-state index in [0.717, 1.165) is 67.0 Å². The summed E-state index contributed by atoms with van der Waals surface area (Å²) in [6, 6.07) is 58.8. The second-order valence-corrected chi connectivity index (χ2v) is 11.7. The summed E-state index contributed by atoms with van der Waals surface area (Å²) in [6.07, 6.45) is 0. The summed E-state index contributed by atoms with van der Waals surface area (Å²) < 4.78 is 2.35. The molecule has 0 amide bonds. The second-order valence-electron chi connectivity index (χ2n) is 11.7. The third-order valence-electron chi connectivity index (χ3n) is 8.80. The Bertz CT molecular complexity index is 2480. The molecule has 3 aromatic heterocycles. The Kier molecular flexibility index (Phi) is 6.43. The molecule has 0 spiro atoms. The number of aromatic nitrogens is 4. The Morgan fingerprint density at radius 3 is 1.60 bits per heavy atom. The summed E-state index contributed by atoms with van der Waals surface area (Å²) in [6.45, 7) is 0. The van der Waals surface area contributed by atoms with Crippen molar-refractivity contribution in [3.05, 3.63) is 170 Å². The predicted octanol–water partition coefficient (Wildman–Crippen LogP) is 10.8. The molecule has 0 N–H and O–H groups in total. The highest BCUT2D eigenvalue weighted by Gasteiger charge is 2.20. The van der Waals surface area contributed by atoms with Gasteiger partial charge in [0, 0.05) is 44.1 Å². The Labute approximate surface area is 272 Å². The molecule has 0 saturated carbocycles. The van der Waals surface area contributed by atoms with Gasteiger partial charge in [-0.2, -0.15) is 0 Å². The molecule has 0 unspecified atom stereocenters. The van der Waals surface area contributed by atoms with Crippen LogP contribution in [0.1, 0.15) is 0 Å². The Balaban J connectivity index is 1.25. The van der Waals surface area contributed by atoms with Crippen molar-refractivity contribution in [1.82, 2.24) is 19.5 Å². The molecule has 47 heavy (non-hydrogen) atoms. The first-order chi connectivity index (χ1) is 23.3. The van der Waals surface area contributed by atoms with Crippen molar-refractivity contribution in [2.45, 2.75) is 0 Å². The summed E-state index contributed by atoms with van der Waals surface area (Å²) in [5.74, 6) is 0.687. The van der Waals surface area contributed by atoms with Crippen molar-refractivity contribution in [2.75, 3.05) is 0 Å². The van der Waals surface area contributed by atoms with Crippen LogP contribution in [-0.4, -0.2) is 19.5 Å². The van der Waals surface area contributed by atoms with E-state index in [-0.39, 0.29) is 0 Å². The smallest absolute Gasteiger partial charge is 0.160 e. The minimum Gasteiger partial charge on any atom is -0.307 e. The lowest BCUT2D eigenvalue weighted by Gasteiger charge is -2.13. The number of hydrogen-bond acceptors (Lipinski definition) is 3. The molecular formula is C43H28N4. The van der Waals surface area contributed by atoms with Crippen molar-refractivity contribution in [3.8, 4) is 50.8 Å². The topological polar surface area (TPSA) is 43.6 Å². The van der Waals surface area contributed by atoms with Crippen molar-refractivity contribution >= 4 is 32.7 Å². The number of pyridine rings is 1. The number of rotatable bonds is 5. The number of fused-ring (bicyclic) bond motifs is 5. The summed E-state index contributed by atoms with van der Waals surface area (Å²) in [4.78, 5) is 15.4. The Morgan fingerprint density at radius 1 is 0.404 bits per heavy atom. The first kappa shape index (κ1) is 27.0. The van der Waals surface area contributed by atoms with Gasteiger partial charge in [-0.3, -0.25) is 0 Å². The van der Waals surface area contributed by atoms with Gasteiger partial charge in [-0.15, -0.1) is 0 Å². The van der Waals surface area contributed by atoms with Crippen LogP contribution in [-0.2, 0) is 0 Å². The van der Waals surface area contributed by atoms with E-state index in [1.54, 1.807) is 0 Å². The quantitative estimate of drug-likeness (QED) is 0.197. The Morgan fingerprint density at radius 2 is 0.936 bits per heavy atom. The number of nitrogens with zero attached hydrogens (tertiary/aromatic N) is 4. The van der Waals surface area contributed by atoms with Crippen LogP contribution in [0.4, 0.5) is 0 Å². The van der Waals surface area contributed by atoms with Gasteiger partial charge in [-0.25, -0.2) is 15.0 Å². The van der Waals surface area contributed by atoms with Crippen LogP contribution in [0.15, 0.2) is 170 Å². The lowest BCUT2D eigenvalue weighted by molar-refractivity contribution is 1.17. The number of hydrogen-bond donors (Lipinski definition) is 0. The van der Waals surface area contributed by atoms with Crippen LogP contribution < -0.4 is 0 Å². The molecule has 0 aliphatic heterocycles. The van der Waals surface area contributed by atoms with Crippen LogP contribution >= 0.6 is 0 Å². The van der Waals surface area contributed by atoms with Gasteiger partial charge in [0.1, 0.15) is 0 Å². The zero-order valence-electron chi connectivity index (χ0n) is 25.5.